The van der Waals surface area contributed by atoms with E-state index >= 15 is 0 Å². The van der Waals surface area contributed by atoms with Crippen LogP contribution in [0.3, 0.4) is 0 Å². The van der Waals surface area contributed by atoms with Crippen LogP contribution < -0.4 is 10.6 Å². The summed E-state index contributed by atoms with van der Waals surface area (Å²) >= 11 is 5.10. The van der Waals surface area contributed by atoms with Crippen molar-refractivity contribution < 1.29 is 0 Å². The van der Waals surface area contributed by atoms with Crippen LogP contribution in [0.25, 0.3) is 0 Å². The summed E-state index contributed by atoms with van der Waals surface area (Å²) in [5.74, 6) is 0. The van der Waals surface area contributed by atoms with Crippen LogP contribution in [-0.4, -0.2) is 48.1 Å². The summed E-state index contributed by atoms with van der Waals surface area (Å²) in [6.45, 7) is 2.27. The average Bonchev–Trinajstić information content (AvgIpc) is 2.39. The Bertz CT molecular complexity index is 427. The summed E-state index contributed by atoms with van der Waals surface area (Å²) < 4.78 is 0. The van der Waals surface area contributed by atoms with E-state index in [2.05, 4.69) is 28.9 Å². The van der Waals surface area contributed by atoms with Crippen molar-refractivity contribution in [3.8, 4) is 0 Å². The Morgan fingerprint density at radius 3 is 2.78 bits per heavy atom. The number of hydrogen-bond donors (Lipinski definition) is 1. The summed E-state index contributed by atoms with van der Waals surface area (Å²) in [4.78, 5) is 9.26. The number of nitrogens with zero attached hydrogens (tertiary/aromatic N) is 3. The molecule has 0 saturated carbocycles. The predicted molar refractivity (Wildman–Crippen MR) is 79.0 cm³/mol. The van der Waals surface area contributed by atoms with Crippen LogP contribution in [0.5, 0.6) is 0 Å². The monoisotopic (exact) mass is 264 g/mol. The highest BCUT2D eigenvalue weighted by molar-refractivity contribution is 7.80. The third kappa shape index (κ3) is 2.79. The molecule has 0 amide bonds. The van der Waals surface area contributed by atoms with Gasteiger partial charge in [0.1, 0.15) is 4.99 Å². The topological polar surface area (TPSA) is 45.4 Å². The fourth-order valence-electron chi connectivity index (χ4n) is 2.45. The molecule has 0 bridgehead atoms. The Morgan fingerprint density at radius 1 is 1.50 bits per heavy atom. The van der Waals surface area contributed by atoms with Crippen molar-refractivity contribution in [2.24, 2.45) is 5.73 Å². The molecule has 1 fully saturated rings. The maximum Gasteiger partial charge on any atom is 0.106 e. The molecule has 0 atom stereocenters. The van der Waals surface area contributed by atoms with Crippen LogP contribution >= 0.6 is 12.2 Å². The Hall–Kier alpha value is -1.20. The number of anilines is 1. The number of pyridine rings is 1. The summed E-state index contributed by atoms with van der Waals surface area (Å²) in [5.41, 5.74) is 7.73. The molecule has 2 heterocycles. The van der Waals surface area contributed by atoms with Gasteiger partial charge in [0.15, 0.2) is 0 Å². The maximum atomic E-state index is 5.77. The number of rotatable bonds is 3. The Balaban J connectivity index is 2.18. The lowest BCUT2D eigenvalue weighted by Crippen LogP contribution is -2.42. The maximum absolute atomic E-state index is 5.77. The third-order valence-electron chi connectivity index (χ3n) is 3.68. The number of hydrogen-bond acceptors (Lipinski definition) is 4. The molecule has 0 aliphatic carbocycles. The zero-order valence-electron chi connectivity index (χ0n) is 11.0. The van der Waals surface area contributed by atoms with E-state index in [0.29, 0.717) is 11.0 Å². The van der Waals surface area contributed by atoms with Crippen molar-refractivity contribution >= 4 is 22.9 Å². The summed E-state index contributed by atoms with van der Waals surface area (Å²) in [6.07, 6.45) is 5.92. The van der Waals surface area contributed by atoms with E-state index in [0.717, 1.165) is 24.3 Å². The van der Waals surface area contributed by atoms with E-state index in [1.807, 2.05) is 12.3 Å². The highest BCUT2D eigenvalue weighted by atomic mass is 32.1. The molecule has 1 aromatic rings. The Morgan fingerprint density at radius 2 is 2.17 bits per heavy atom. The van der Waals surface area contributed by atoms with Crippen LogP contribution in [-0.2, 0) is 0 Å². The molecule has 2 N–H and O–H groups in total. The fourth-order valence-corrected chi connectivity index (χ4v) is 2.63. The van der Waals surface area contributed by atoms with Gasteiger partial charge in [-0.05, 0) is 39.0 Å². The van der Waals surface area contributed by atoms with Crippen LogP contribution in [0.2, 0.25) is 0 Å². The molecule has 18 heavy (non-hydrogen) atoms. The number of piperidine rings is 1. The summed E-state index contributed by atoms with van der Waals surface area (Å²) in [7, 11) is 4.27. The Labute approximate surface area is 114 Å². The predicted octanol–water partition coefficient (Wildman–Crippen LogP) is 1.25. The first-order valence-corrected chi connectivity index (χ1v) is 6.65. The van der Waals surface area contributed by atoms with Crippen LogP contribution in [0, 0.1) is 0 Å². The molecule has 98 valence electrons. The van der Waals surface area contributed by atoms with E-state index in [1.165, 1.54) is 12.8 Å². The minimum absolute atomic E-state index is 0.437. The first kappa shape index (κ1) is 13.2. The normalized spacial score (nSPS) is 17.7. The first-order chi connectivity index (χ1) is 8.59. The van der Waals surface area contributed by atoms with Gasteiger partial charge in [-0.3, -0.25) is 4.98 Å². The standard InChI is InChI=1S/C13H20N4S/c1-16-7-4-10(5-8-16)17(2)12-9-15-6-3-11(12)13(14)18/h3,6,9-10H,4-5,7-8H2,1-2H3,(H2,14,18). The lowest BCUT2D eigenvalue weighted by Gasteiger charge is -2.36. The average molecular weight is 264 g/mol. The molecular weight excluding hydrogens is 244 g/mol. The molecule has 1 aliphatic heterocycles. The first-order valence-electron chi connectivity index (χ1n) is 6.25. The van der Waals surface area contributed by atoms with Gasteiger partial charge in [-0.15, -0.1) is 0 Å². The summed E-state index contributed by atoms with van der Waals surface area (Å²) in [5, 5.41) is 0. The zero-order chi connectivity index (χ0) is 13.1. The molecule has 4 nitrogen and oxygen atoms in total. The fraction of sp³-hybridized carbons (Fsp3) is 0.538. The lowest BCUT2D eigenvalue weighted by molar-refractivity contribution is 0.253. The number of nitrogens with two attached hydrogens (primary N) is 1. The highest BCUT2D eigenvalue weighted by Crippen LogP contribution is 2.24. The van der Waals surface area contributed by atoms with Crippen molar-refractivity contribution in [1.82, 2.24) is 9.88 Å². The largest absolute Gasteiger partial charge is 0.389 e. The second kappa shape index (κ2) is 5.63. The van der Waals surface area contributed by atoms with Gasteiger partial charge in [-0.2, -0.15) is 0 Å². The second-order valence-corrected chi connectivity index (χ2v) is 5.34. The van der Waals surface area contributed by atoms with Gasteiger partial charge in [-0.1, -0.05) is 12.2 Å². The van der Waals surface area contributed by atoms with Gasteiger partial charge in [0, 0.05) is 24.8 Å². The van der Waals surface area contributed by atoms with Crippen LogP contribution in [0.1, 0.15) is 18.4 Å². The van der Waals surface area contributed by atoms with Crippen molar-refractivity contribution in [2.45, 2.75) is 18.9 Å². The molecule has 2 rings (SSSR count). The number of likely N-dealkylation sites (tertiary alicyclic amines) is 1. The molecule has 0 aromatic carbocycles. The number of thiocarbonyl (C=S) groups is 1. The van der Waals surface area contributed by atoms with E-state index < -0.39 is 0 Å². The number of aromatic nitrogens is 1. The van der Waals surface area contributed by atoms with Crippen molar-refractivity contribution in [3.05, 3.63) is 24.0 Å². The smallest absolute Gasteiger partial charge is 0.106 e. The second-order valence-electron chi connectivity index (χ2n) is 4.90. The van der Waals surface area contributed by atoms with Gasteiger partial charge in [0.2, 0.25) is 0 Å². The molecular formula is C13H20N4S. The molecule has 0 unspecified atom stereocenters. The van der Waals surface area contributed by atoms with Crippen molar-refractivity contribution in [3.63, 3.8) is 0 Å². The van der Waals surface area contributed by atoms with E-state index in [9.17, 15) is 0 Å². The quantitative estimate of drug-likeness (QED) is 0.832. The minimum atomic E-state index is 0.437. The zero-order valence-corrected chi connectivity index (χ0v) is 11.8. The van der Waals surface area contributed by atoms with Gasteiger partial charge in [-0.25, -0.2) is 0 Å². The van der Waals surface area contributed by atoms with Crippen LogP contribution in [0.4, 0.5) is 5.69 Å². The minimum Gasteiger partial charge on any atom is -0.389 e. The van der Waals surface area contributed by atoms with Crippen LogP contribution in [0.15, 0.2) is 18.5 Å². The van der Waals surface area contributed by atoms with Gasteiger partial charge in [0.05, 0.1) is 11.9 Å². The van der Waals surface area contributed by atoms with Gasteiger partial charge in [0.25, 0.3) is 0 Å². The van der Waals surface area contributed by atoms with Crippen molar-refractivity contribution in [1.29, 1.82) is 0 Å². The molecule has 0 spiro atoms. The van der Waals surface area contributed by atoms with E-state index in [-0.39, 0.29) is 0 Å². The SMILES string of the molecule is CN1CCC(N(C)c2cnccc2C(N)=S)CC1. The molecule has 1 saturated heterocycles. The van der Waals surface area contributed by atoms with E-state index in [4.69, 9.17) is 18.0 Å². The molecule has 1 aliphatic rings. The highest BCUT2D eigenvalue weighted by Gasteiger charge is 2.22. The molecule has 5 heteroatoms. The lowest BCUT2D eigenvalue weighted by atomic mass is 10.0. The Kier molecular flexibility index (Phi) is 4.14. The van der Waals surface area contributed by atoms with Crippen molar-refractivity contribution in [2.75, 3.05) is 32.1 Å². The summed E-state index contributed by atoms with van der Waals surface area (Å²) in [6, 6.07) is 2.43. The third-order valence-corrected chi connectivity index (χ3v) is 3.90. The van der Waals surface area contributed by atoms with Gasteiger partial charge >= 0.3 is 0 Å². The van der Waals surface area contributed by atoms with Gasteiger partial charge < -0.3 is 15.5 Å². The molecule has 1 aromatic heterocycles. The van der Waals surface area contributed by atoms with E-state index in [1.54, 1.807) is 6.20 Å². The molecule has 0 radical (unpaired) electrons.